The monoisotopic (exact) mass is 920 g/mol. The molecule has 4 heterocycles. The molecule has 0 aromatic rings. The zero-order valence-corrected chi connectivity index (χ0v) is 37.5. The number of aliphatic hydroxyl groups is 12. The summed E-state index contributed by atoms with van der Waals surface area (Å²) < 4.78 is 42.0. The summed E-state index contributed by atoms with van der Waals surface area (Å²) in [5, 5.41) is 125. The van der Waals surface area contributed by atoms with Gasteiger partial charge >= 0.3 is 0 Å². The Morgan fingerprint density at radius 3 is 1.84 bits per heavy atom. The van der Waals surface area contributed by atoms with E-state index in [1.54, 1.807) is 0 Å². The van der Waals surface area contributed by atoms with Crippen molar-refractivity contribution in [3.8, 4) is 0 Å². The third-order valence-corrected chi connectivity index (χ3v) is 18.0. The minimum absolute atomic E-state index is 0.00000712. The van der Waals surface area contributed by atoms with Crippen molar-refractivity contribution in [2.75, 3.05) is 26.4 Å². The maximum absolute atomic E-state index is 12.1. The lowest BCUT2D eigenvalue weighted by Gasteiger charge is -2.61. The largest absolute Gasteiger partial charge is 0.394 e. The average Bonchev–Trinajstić information content (AvgIpc) is 3.71. The summed E-state index contributed by atoms with van der Waals surface area (Å²) in [6.45, 7) is 7.28. The smallest absolute Gasteiger partial charge is 0.187 e. The summed E-state index contributed by atoms with van der Waals surface area (Å²) in [6, 6.07) is 0. The molecule has 64 heavy (non-hydrogen) atoms. The first kappa shape index (κ1) is 49.7. The minimum Gasteiger partial charge on any atom is -0.394 e. The summed E-state index contributed by atoms with van der Waals surface area (Å²) in [7, 11) is 0. The summed E-state index contributed by atoms with van der Waals surface area (Å²) in [5.74, 6) is 0.532. The van der Waals surface area contributed by atoms with Crippen molar-refractivity contribution >= 4 is 0 Å². The average molecular weight is 921 g/mol. The van der Waals surface area contributed by atoms with Crippen molar-refractivity contribution < 1.29 is 94.4 Å². The number of hydrogen-bond acceptors (Lipinski definition) is 19. The number of aliphatic hydroxyl groups excluding tert-OH is 11. The van der Waals surface area contributed by atoms with E-state index in [2.05, 4.69) is 20.8 Å². The molecule has 4 saturated heterocycles. The Labute approximate surface area is 374 Å². The molecule has 4 aliphatic heterocycles. The molecular formula is C45H76O19. The van der Waals surface area contributed by atoms with Crippen LogP contribution >= 0.6 is 0 Å². The fraction of sp³-hybridized carbons (Fsp3) is 1.00. The lowest BCUT2D eigenvalue weighted by Crippen LogP contribution is -2.65. The van der Waals surface area contributed by atoms with E-state index in [9.17, 15) is 61.3 Å². The van der Waals surface area contributed by atoms with E-state index in [1.165, 1.54) is 0 Å². The molecular weight excluding hydrogens is 844 g/mol. The first-order valence-electron chi connectivity index (χ1n) is 23.9. The summed E-state index contributed by atoms with van der Waals surface area (Å²) in [6.07, 6.45) is -13.7. The Morgan fingerprint density at radius 1 is 0.625 bits per heavy atom. The molecule has 0 unspecified atom stereocenters. The van der Waals surface area contributed by atoms with Crippen LogP contribution in [0.2, 0.25) is 0 Å². The minimum atomic E-state index is -1.75. The van der Waals surface area contributed by atoms with Crippen LogP contribution in [0.15, 0.2) is 0 Å². The summed E-state index contributed by atoms with van der Waals surface area (Å²) in [4.78, 5) is 0. The molecule has 19 nitrogen and oxygen atoms in total. The Hall–Kier alpha value is -0.760. The maximum atomic E-state index is 12.1. The van der Waals surface area contributed by atoms with E-state index >= 15 is 0 Å². The van der Waals surface area contributed by atoms with Crippen molar-refractivity contribution in [1.29, 1.82) is 0 Å². The van der Waals surface area contributed by atoms with Gasteiger partial charge in [-0.05, 0) is 104 Å². The highest BCUT2D eigenvalue weighted by Gasteiger charge is 2.68. The molecule has 0 radical (unpaired) electrons. The maximum Gasteiger partial charge on any atom is 0.187 e. The molecule has 8 rings (SSSR count). The molecule has 4 saturated carbocycles. The van der Waals surface area contributed by atoms with Gasteiger partial charge in [-0.15, -0.1) is 0 Å². The van der Waals surface area contributed by atoms with Crippen LogP contribution in [0, 0.1) is 52.3 Å². The van der Waals surface area contributed by atoms with Gasteiger partial charge in [0.05, 0.1) is 38.6 Å². The second-order valence-electron chi connectivity index (χ2n) is 21.5. The standard InChI is InChI=1S/C45H76O19/c1-19(18-58-40-37(55)34(52)31(49)27(15-46)60-40)7-12-45(57)20(2)30-26(64-45)14-25-23-6-5-21-13-22(8-10-43(21,3)24(23)9-11-44(25,30)4)59-42-39(36(54)33(51)29(17-48)62-42)63-41-38(56)35(53)32(50)28(16-47)61-41/h19-42,46-57H,5-18H2,1-4H3/t19-,20-,21+,22-,23+,24-,25-,26-,27+,28+,29+,30-,31+,32-,33-,34-,35-,36-,37+,38-,39+,40+,41-,42+,43-,44-,45-/m0/s1. The number of fused-ring (bicyclic) bond motifs is 7. The Morgan fingerprint density at radius 2 is 1.20 bits per heavy atom. The van der Waals surface area contributed by atoms with Gasteiger partial charge in [-0.3, -0.25) is 0 Å². The predicted molar refractivity (Wildman–Crippen MR) is 219 cm³/mol. The molecule has 8 aliphatic rings. The fourth-order valence-corrected chi connectivity index (χ4v) is 14.2. The van der Waals surface area contributed by atoms with Crippen LogP contribution in [0.3, 0.4) is 0 Å². The molecule has 4 aliphatic carbocycles. The molecule has 8 fully saturated rings. The molecule has 19 heteroatoms. The summed E-state index contributed by atoms with van der Waals surface area (Å²) >= 11 is 0. The van der Waals surface area contributed by atoms with E-state index in [1.807, 2.05) is 6.92 Å². The van der Waals surface area contributed by atoms with Crippen molar-refractivity contribution in [3.63, 3.8) is 0 Å². The first-order valence-corrected chi connectivity index (χ1v) is 23.9. The van der Waals surface area contributed by atoms with E-state index in [-0.39, 0.29) is 47.4 Å². The zero-order chi connectivity index (χ0) is 46.2. The van der Waals surface area contributed by atoms with Gasteiger partial charge < -0.3 is 94.4 Å². The molecule has 0 amide bonds. The van der Waals surface area contributed by atoms with Crippen molar-refractivity contribution in [1.82, 2.24) is 0 Å². The van der Waals surface area contributed by atoms with Gasteiger partial charge in [0.15, 0.2) is 24.7 Å². The molecule has 12 N–H and O–H groups in total. The van der Waals surface area contributed by atoms with Crippen LogP contribution in [0.5, 0.6) is 0 Å². The fourth-order valence-electron chi connectivity index (χ4n) is 14.2. The lowest BCUT2D eigenvalue weighted by atomic mass is 9.44. The van der Waals surface area contributed by atoms with E-state index in [4.69, 9.17) is 33.2 Å². The predicted octanol–water partition coefficient (Wildman–Crippen LogP) is -1.78. The third-order valence-electron chi connectivity index (χ3n) is 18.0. The van der Waals surface area contributed by atoms with E-state index in [0.717, 1.165) is 44.9 Å². The molecule has 0 aromatic heterocycles. The Balaban J connectivity index is 0.869. The van der Waals surface area contributed by atoms with E-state index in [0.29, 0.717) is 42.9 Å². The van der Waals surface area contributed by atoms with Crippen LogP contribution in [-0.2, 0) is 33.2 Å². The zero-order valence-electron chi connectivity index (χ0n) is 37.5. The highest BCUT2D eigenvalue weighted by molar-refractivity contribution is 5.15. The van der Waals surface area contributed by atoms with Crippen molar-refractivity contribution in [3.05, 3.63) is 0 Å². The molecule has 0 spiro atoms. The highest BCUT2D eigenvalue weighted by atomic mass is 16.8. The molecule has 27 atom stereocenters. The molecule has 370 valence electrons. The highest BCUT2D eigenvalue weighted by Crippen LogP contribution is 2.71. The molecule has 0 aromatic carbocycles. The van der Waals surface area contributed by atoms with Gasteiger partial charge in [0.2, 0.25) is 0 Å². The SMILES string of the molecule is C[C@@H](CC[C@]1(O)O[C@H]2C[C@H]3[C@@H]4CC[C@@H]5C[C@@H](O[C@@H]6O[C@H](CO)[C@H](O)[C@H](O)[C@H]6O[C@@H]6O[C@H](CO)[C@H](O)[C@H](O)[C@@H]6O)CC[C@]5(C)[C@H]4CC[C@]3(C)[C@H]2[C@@H]1C)CO[C@@H]1O[C@H](CO)[C@@H](O)[C@H](O)[C@H]1O. The van der Waals surface area contributed by atoms with Gasteiger partial charge in [-0.25, -0.2) is 0 Å². The number of rotatable bonds is 13. The second kappa shape index (κ2) is 19.2. The van der Waals surface area contributed by atoms with Crippen LogP contribution in [-0.4, -0.2) is 198 Å². The van der Waals surface area contributed by atoms with Crippen LogP contribution < -0.4 is 0 Å². The number of hydrogen-bond donors (Lipinski definition) is 12. The normalized spacial score (nSPS) is 55.6. The van der Waals surface area contributed by atoms with Crippen molar-refractivity contribution in [2.45, 2.75) is 202 Å². The van der Waals surface area contributed by atoms with Crippen LogP contribution in [0.1, 0.15) is 91.9 Å². The Kier molecular flexibility index (Phi) is 14.9. The van der Waals surface area contributed by atoms with E-state index < -0.39 is 118 Å². The van der Waals surface area contributed by atoms with Gasteiger partial charge in [-0.1, -0.05) is 27.7 Å². The summed E-state index contributed by atoms with van der Waals surface area (Å²) in [5.41, 5.74) is 0.0475. The number of ether oxygens (including phenoxy) is 7. The quantitative estimate of drug-likeness (QED) is 0.0909. The topological polar surface area (TPSA) is 307 Å². The first-order chi connectivity index (χ1) is 30.3. The lowest BCUT2D eigenvalue weighted by molar-refractivity contribution is -0.373. The van der Waals surface area contributed by atoms with Gasteiger partial charge in [0, 0.05) is 12.3 Å². The molecule has 0 bridgehead atoms. The Bertz CT molecular complexity index is 1560. The third kappa shape index (κ3) is 8.65. The van der Waals surface area contributed by atoms with Gasteiger partial charge in [0.1, 0.15) is 73.2 Å². The van der Waals surface area contributed by atoms with Gasteiger partial charge in [0.25, 0.3) is 0 Å². The van der Waals surface area contributed by atoms with Gasteiger partial charge in [-0.2, -0.15) is 0 Å². The van der Waals surface area contributed by atoms with Crippen LogP contribution in [0.4, 0.5) is 0 Å². The van der Waals surface area contributed by atoms with Crippen molar-refractivity contribution in [2.24, 2.45) is 52.3 Å². The van der Waals surface area contributed by atoms with Crippen LogP contribution in [0.25, 0.3) is 0 Å². The second-order valence-corrected chi connectivity index (χ2v) is 21.5.